The first-order valence-electron chi connectivity index (χ1n) is 6.04. The maximum atomic E-state index is 12.3. The maximum absolute atomic E-state index is 12.3. The number of hydrogen-bond donors (Lipinski definition) is 2. The molecule has 1 heterocycles. The van der Waals surface area contributed by atoms with Gasteiger partial charge in [0.05, 0.1) is 26.7 Å². The predicted molar refractivity (Wildman–Crippen MR) is 69.0 cm³/mol. The summed E-state index contributed by atoms with van der Waals surface area (Å²) in [6, 6.07) is 0. The van der Waals surface area contributed by atoms with Crippen molar-refractivity contribution in [2.75, 3.05) is 37.9 Å². The quantitative estimate of drug-likeness (QED) is 0.749. The first-order chi connectivity index (χ1) is 9.71. The molecule has 0 aliphatic rings. The van der Waals surface area contributed by atoms with Crippen molar-refractivity contribution in [2.24, 2.45) is 0 Å². The Bertz CT molecular complexity index is 502. The molecule has 3 N–H and O–H groups in total. The number of carbonyl (C=O) groups excluding carboxylic acids is 1. The molecule has 0 unspecified atom stereocenters. The van der Waals surface area contributed by atoms with Gasteiger partial charge < -0.3 is 20.5 Å². The van der Waals surface area contributed by atoms with E-state index in [9.17, 15) is 18.0 Å². The molecule has 10 heteroatoms. The number of aliphatic hydroxyl groups excluding tert-OH is 1. The fraction of sp³-hybridized carbons (Fsp3) is 0.636. The molecule has 1 aromatic heterocycles. The number of nitrogens with zero attached hydrogens (tertiary/aromatic N) is 3. The van der Waals surface area contributed by atoms with Crippen molar-refractivity contribution in [3.63, 3.8) is 0 Å². The van der Waals surface area contributed by atoms with Crippen LogP contribution in [0.5, 0.6) is 0 Å². The number of alkyl halides is 3. The van der Waals surface area contributed by atoms with Crippen molar-refractivity contribution >= 4 is 17.6 Å². The normalized spacial score (nSPS) is 11.5. The highest BCUT2D eigenvalue weighted by Crippen LogP contribution is 2.27. The minimum absolute atomic E-state index is 0.0166. The Labute approximate surface area is 119 Å². The molecule has 0 spiro atoms. The molecule has 7 nitrogen and oxygen atoms in total. The van der Waals surface area contributed by atoms with E-state index in [1.54, 1.807) is 0 Å². The van der Waals surface area contributed by atoms with Crippen LogP contribution in [-0.2, 0) is 11.3 Å². The maximum Gasteiger partial charge on any atom is 0.390 e. The van der Waals surface area contributed by atoms with E-state index in [2.05, 4.69) is 9.84 Å². The Morgan fingerprint density at radius 3 is 2.62 bits per heavy atom. The largest absolute Gasteiger partial charge is 0.465 e. The van der Waals surface area contributed by atoms with Gasteiger partial charge in [-0.15, -0.1) is 0 Å². The number of rotatable bonds is 6. The minimum atomic E-state index is -4.32. The molecule has 0 bridgehead atoms. The molecule has 0 saturated carbocycles. The first-order valence-corrected chi connectivity index (χ1v) is 6.04. The average Bonchev–Trinajstić information content (AvgIpc) is 2.72. The number of aliphatic hydroxyl groups is 1. The lowest BCUT2D eigenvalue weighted by atomic mass is 10.2. The van der Waals surface area contributed by atoms with Crippen LogP contribution in [0, 0.1) is 0 Å². The molecule has 1 rings (SSSR count). The van der Waals surface area contributed by atoms with E-state index in [1.807, 2.05) is 0 Å². The number of hydrogen-bond acceptors (Lipinski definition) is 6. The smallest absolute Gasteiger partial charge is 0.390 e. The van der Waals surface area contributed by atoms with Gasteiger partial charge in [0.2, 0.25) is 0 Å². The summed E-state index contributed by atoms with van der Waals surface area (Å²) >= 11 is 0. The van der Waals surface area contributed by atoms with Gasteiger partial charge in [-0.25, -0.2) is 9.48 Å². The van der Waals surface area contributed by atoms with E-state index in [-0.39, 0.29) is 36.9 Å². The number of ether oxygens (including phenoxy) is 1. The van der Waals surface area contributed by atoms with Gasteiger partial charge in [0.25, 0.3) is 0 Å². The summed E-state index contributed by atoms with van der Waals surface area (Å²) in [6.45, 7) is -0.649. The van der Waals surface area contributed by atoms with Gasteiger partial charge in [-0.2, -0.15) is 18.3 Å². The monoisotopic (exact) mass is 310 g/mol. The van der Waals surface area contributed by atoms with Gasteiger partial charge in [0, 0.05) is 13.6 Å². The van der Waals surface area contributed by atoms with Crippen molar-refractivity contribution < 1.29 is 27.8 Å². The van der Waals surface area contributed by atoms with E-state index in [4.69, 9.17) is 10.8 Å². The summed E-state index contributed by atoms with van der Waals surface area (Å²) in [5.41, 5.74) is 5.61. The molecule has 0 aliphatic heterocycles. The summed E-state index contributed by atoms with van der Waals surface area (Å²) in [5, 5.41) is 12.9. The van der Waals surface area contributed by atoms with Crippen LogP contribution in [0.25, 0.3) is 0 Å². The second kappa shape index (κ2) is 6.66. The number of methoxy groups -OCH3 is 1. The highest BCUT2D eigenvalue weighted by Gasteiger charge is 2.30. The van der Waals surface area contributed by atoms with Crippen LogP contribution in [0.2, 0.25) is 0 Å². The highest BCUT2D eigenvalue weighted by molar-refractivity contribution is 5.99. The number of anilines is 2. The Morgan fingerprint density at radius 2 is 2.14 bits per heavy atom. The van der Waals surface area contributed by atoms with Crippen molar-refractivity contribution in [3.8, 4) is 0 Å². The van der Waals surface area contributed by atoms with E-state index in [1.165, 1.54) is 11.9 Å². The lowest BCUT2D eigenvalue weighted by molar-refractivity contribution is -0.132. The molecule has 21 heavy (non-hydrogen) atoms. The molecule has 0 saturated heterocycles. The Balaban J connectivity index is 3.08. The molecule has 0 radical (unpaired) electrons. The van der Waals surface area contributed by atoms with Crippen LogP contribution >= 0.6 is 0 Å². The topological polar surface area (TPSA) is 93.6 Å². The summed E-state index contributed by atoms with van der Waals surface area (Å²) in [6.07, 6.45) is -5.38. The average molecular weight is 310 g/mol. The number of halogens is 3. The van der Waals surface area contributed by atoms with Crippen LogP contribution in [0.15, 0.2) is 0 Å². The zero-order valence-electron chi connectivity index (χ0n) is 11.6. The molecule has 0 aromatic carbocycles. The second-order valence-corrected chi connectivity index (χ2v) is 4.31. The fourth-order valence-electron chi connectivity index (χ4n) is 1.69. The summed E-state index contributed by atoms with van der Waals surface area (Å²) in [4.78, 5) is 12.9. The van der Waals surface area contributed by atoms with E-state index >= 15 is 0 Å². The molecule has 0 amide bonds. The summed E-state index contributed by atoms with van der Waals surface area (Å²) < 4.78 is 42.5. The van der Waals surface area contributed by atoms with Gasteiger partial charge in [0.1, 0.15) is 11.4 Å². The zero-order valence-corrected chi connectivity index (χ0v) is 11.6. The van der Waals surface area contributed by atoms with Crippen LogP contribution in [0.4, 0.5) is 24.8 Å². The van der Waals surface area contributed by atoms with Crippen molar-refractivity contribution in [1.82, 2.24) is 9.78 Å². The molecular formula is C11H17F3N4O3. The number of carbonyl (C=O) groups is 1. The van der Waals surface area contributed by atoms with Crippen molar-refractivity contribution in [2.45, 2.75) is 19.1 Å². The van der Waals surface area contributed by atoms with Crippen LogP contribution in [0.1, 0.15) is 16.8 Å². The molecule has 1 aromatic rings. The number of nitrogens with two attached hydrogens (primary N) is 1. The Hall–Kier alpha value is -1.97. The lowest BCUT2D eigenvalue weighted by Gasteiger charge is -2.18. The van der Waals surface area contributed by atoms with Gasteiger partial charge in [-0.1, -0.05) is 0 Å². The second-order valence-electron chi connectivity index (χ2n) is 4.31. The van der Waals surface area contributed by atoms with Gasteiger partial charge in [-0.05, 0) is 0 Å². The van der Waals surface area contributed by atoms with E-state index < -0.39 is 18.6 Å². The Kier molecular flexibility index (Phi) is 5.41. The van der Waals surface area contributed by atoms with Crippen molar-refractivity contribution in [1.29, 1.82) is 0 Å². The van der Waals surface area contributed by atoms with Crippen LogP contribution in [-0.4, -0.2) is 54.3 Å². The van der Waals surface area contributed by atoms with E-state index in [0.717, 1.165) is 11.8 Å². The van der Waals surface area contributed by atoms with Gasteiger partial charge in [0.15, 0.2) is 5.82 Å². The van der Waals surface area contributed by atoms with E-state index in [0.29, 0.717) is 0 Å². The van der Waals surface area contributed by atoms with Crippen molar-refractivity contribution in [3.05, 3.63) is 5.56 Å². The van der Waals surface area contributed by atoms with Gasteiger partial charge >= 0.3 is 12.1 Å². The third-order valence-electron chi connectivity index (χ3n) is 2.77. The van der Waals surface area contributed by atoms with Crippen LogP contribution < -0.4 is 10.6 Å². The third-order valence-corrected chi connectivity index (χ3v) is 2.77. The van der Waals surface area contributed by atoms with Gasteiger partial charge in [-0.3, -0.25) is 0 Å². The molecule has 0 aliphatic carbocycles. The third kappa shape index (κ3) is 4.25. The summed E-state index contributed by atoms with van der Waals surface area (Å²) in [5.74, 6) is -0.882. The molecular weight excluding hydrogens is 293 g/mol. The predicted octanol–water partition coefficient (Wildman–Crippen LogP) is 0.633. The molecule has 120 valence electrons. The zero-order chi connectivity index (χ0) is 16.2. The SMILES string of the molecule is COC(=O)c1c(N(C)CCC(F)(F)F)nn(CCO)c1N. The standard InChI is InChI=1S/C11H17F3N4O3/c1-17(4-3-11(12,13)14)9-7(10(20)21-2)8(15)18(16-9)5-6-19/h19H,3-6,15H2,1-2H3. The summed E-state index contributed by atoms with van der Waals surface area (Å²) in [7, 11) is 2.49. The molecule has 0 atom stereocenters. The highest BCUT2D eigenvalue weighted by atomic mass is 19.4. The molecule has 0 fully saturated rings. The Morgan fingerprint density at radius 1 is 1.52 bits per heavy atom. The minimum Gasteiger partial charge on any atom is -0.465 e. The number of aromatic nitrogens is 2. The number of nitrogen functional groups attached to an aromatic ring is 1. The first kappa shape index (κ1) is 17.1. The number of esters is 1. The van der Waals surface area contributed by atoms with Crippen LogP contribution in [0.3, 0.4) is 0 Å². The fourth-order valence-corrected chi connectivity index (χ4v) is 1.69. The lowest BCUT2D eigenvalue weighted by Crippen LogP contribution is -2.26.